The van der Waals surface area contributed by atoms with Gasteiger partial charge in [0.25, 0.3) is 5.91 Å². The zero-order valence-corrected chi connectivity index (χ0v) is 18.9. The summed E-state index contributed by atoms with van der Waals surface area (Å²) < 4.78 is 5.77. The largest absolute Gasteiger partial charge is 0.493 e. The number of amides is 1. The van der Waals surface area contributed by atoms with Gasteiger partial charge < -0.3 is 15.8 Å². The molecule has 4 rings (SSSR count). The van der Waals surface area contributed by atoms with Crippen LogP contribution < -0.4 is 15.8 Å². The van der Waals surface area contributed by atoms with E-state index in [0.29, 0.717) is 29.4 Å². The second kappa shape index (κ2) is 9.66. The number of aryl methyl sites for hydroxylation is 2. The van der Waals surface area contributed by atoms with Crippen LogP contribution in [0.5, 0.6) is 5.75 Å². The fraction of sp³-hybridized carbons (Fsp3) is 0.154. The van der Waals surface area contributed by atoms with E-state index in [9.17, 15) is 4.79 Å². The van der Waals surface area contributed by atoms with Gasteiger partial charge in [0.05, 0.1) is 12.3 Å². The average molecular weight is 444 g/mol. The van der Waals surface area contributed by atoms with Crippen LogP contribution in [0.2, 0.25) is 0 Å². The molecule has 0 aliphatic carbocycles. The van der Waals surface area contributed by atoms with Crippen molar-refractivity contribution >= 4 is 28.1 Å². The van der Waals surface area contributed by atoms with Gasteiger partial charge in [0.15, 0.2) is 5.13 Å². The van der Waals surface area contributed by atoms with Crippen LogP contribution in [0, 0.1) is 13.8 Å². The lowest BCUT2D eigenvalue weighted by Crippen LogP contribution is -2.13. The lowest BCUT2D eigenvalue weighted by molar-refractivity contribution is 0.102. The van der Waals surface area contributed by atoms with Crippen molar-refractivity contribution in [2.24, 2.45) is 0 Å². The predicted molar refractivity (Wildman–Crippen MR) is 131 cm³/mol. The summed E-state index contributed by atoms with van der Waals surface area (Å²) >= 11 is 1.43. The van der Waals surface area contributed by atoms with Gasteiger partial charge in [0.1, 0.15) is 5.75 Å². The zero-order chi connectivity index (χ0) is 22.5. The van der Waals surface area contributed by atoms with E-state index < -0.39 is 0 Å². The number of nitrogen functional groups attached to an aromatic ring is 1. The van der Waals surface area contributed by atoms with Crippen LogP contribution in [-0.2, 0) is 6.42 Å². The minimum Gasteiger partial charge on any atom is -0.493 e. The number of nitrogens with one attached hydrogen (secondary N) is 1. The van der Waals surface area contributed by atoms with E-state index in [1.165, 1.54) is 16.9 Å². The van der Waals surface area contributed by atoms with Crippen LogP contribution in [-0.4, -0.2) is 17.5 Å². The first-order valence-corrected chi connectivity index (χ1v) is 11.3. The monoisotopic (exact) mass is 443 g/mol. The Labute approximate surface area is 191 Å². The summed E-state index contributed by atoms with van der Waals surface area (Å²) in [5.41, 5.74) is 12.2. The van der Waals surface area contributed by atoms with Gasteiger partial charge in [0, 0.05) is 23.1 Å². The third kappa shape index (κ3) is 5.34. The lowest BCUT2D eigenvalue weighted by atomic mass is 9.96. The van der Waals surface area contributed by atoms with Gasteiger partial charge in [-0.1, -0.05) is 47.5 Å². The van der Waals surface area contributed by atoms with Crippen LogP contribution in [0.4, 0.5) is 10.8 Å². The Bertz CT molecular complexity index is 1210. The van der Waals surface area contributed by atoms with Crippen molar-refractivity contribution in [3.8, 4) is 16.9 Å². The smallest absolute Gasteiger partial charge is 0.256 e. The van der Waals surface area contributed by atoms with Gasteiger partial charge >= 0.3 is 0 Å². The van der Waals surface area contributed by atoms with E-state index in [2.05, 4.69) is 29.4 Å². The standard InChI is InChI=1S/C26H25N3O2S/c1-17-3-6-19(7-4-17)24-15-18(2)5-12-23(24)25(30)28-20-8-10-22(11-9-20)31-14-13-21-16-32-26(27)29-21/h3-12,15-16H,13-14H2,1-2H3,(H2,27,29)(H,28,30). The summed E-state index contributed by atoms with van der Waals surface area (Å²) in [6, 6.07) is 21.5. The predicted octanol–water partition coefficient (Wildman–Crippen LogP) is 5.88. The van der Waals surface area contributed by atoms with Gasteiger partial charge in [-0.25, -0.2) is 4.98 Å². The third-order valence-corrected chi connectivity index (χ3v) is 5.81. The van der Waals surface area contributed by atoms with Crippen molar-refractivity contribution < 1.29 is 9.53 Å². The normalized spacial score (nSPS) is 10.7. The number of ether oxygens (including phenoxy) is 1. The molecule has 0 fully saturated rings. The zero-order valence-electron chi connectivity index (χ0n) is 18.1. The van der Waals surface area contributed by atoms with Crippen LogP contribution in [0.3, 0.4) is 0 Å². The molecule has 0 saturated carbocycles. The topological polar surface area (TPSA) is 77.2 Å². The van der Waals surface area contributed by atoms with E-state index in [1.54, 1.807) is 0 Å². The van der Waals surface area contributed by atoms with E-state index in [0.717, 1.165) is 28.1 Å². The molecule has 6 heteroatoms. The maximum Gasteiger partial charge on any atom is 0.256 e. The summed E-state index contributed by atoms with van der Waals surface area (Å²) in [5, 5.41) is 5.50. The SMILES string of the molecule is Cc1ccc(-c2cc(C)ccc2C(=O)Nc2ccc(OCCc3csc(N)n3)cc2)cc1. The van der Waals surface area contributed by atoms with Crippen LogP contribution in [0.25, 0.3) is 11.1 Å². The minimum absolute atomic E-state index is 0.143. The molecule has 0 aliphatic rings. The van der Waals surface area contributed by atoms with Crippen molar-refractivity contribution in [1.29, 1.82) is 0 Å². The number of benzene rings is 3. The van der Waals surface area contributed by atoms with Crippen molar-refractivity contribution in [3.05, 3.63) is 94.5 Å². The molecule has 0 atom stereocenters. The minimum atomic E-state index is -0.143. The van der Waals surface area contributed by atoms with Gasteiger partial charge in [-0.15, -0.1) is 11.3 Å². The number of anilines is 2. The second-order valence-corrected chi connectivity index (χ2v) is 8.56. The Balaban J connectivity index is 1.42. The number of hydrogen-bond acceptors (Lipinski definition) is 5. The molecule has 1 amide bonds. The molecule has 1 heterocycles. The molecule has 0 saturated heterocycles. The van der Waals surface area contributed by atoms with E-state index in [4.69, 9.17) is 10.5 Å². The van der Waals surface area contributed by atoms with E-state index >= 15 is 0 Å². The molecule has 0 spiro atoms. The summed E-state index contributed by atoms with van der Waals surface area (Å²) in [5.74, 6) is 0.595. The Morgan fingerprint density at radius 1 is 1.00 bits per heavy atom. The van der Waals surface area contributed by atoms with Crippen LogP contribution in [0.1, 0.15) is 27.2 Å². The highest BCUT2D eigenvalue weighted by Crippen LogP contribution is 2.27. The Morgan fingerprint density at radius 2 is 1.72 bits per heavy atom. The highest BCUT2D eigenvalue weighted by atomic mass is 32.1. The lowest BCUT2D eigenvalue weighted by Gasteiger charge is -2.12. The molecule has 32 heavy (non-hydrogen) atoms. The number of rotatable bonds is 7. The van der Waals surface area contributed by atoms with Crippen molar-refractivity contribution in [1.82, 2.24) is 4.98 Å². The molecule has 0 aliphatic heterocycles. The Kier molecular flexibility index (Phi) is 6.52. The molecule has 5 nitrogen and oxygen atoms in total. The first-order chi connectivity index (χ1) is 15.5. The van der Waals surface area contributed by atoms with Gasteiger partial charge in [-0.2, -0.15) is 0 Å². The molecular weight excluding hydrogens is 418 g/mol. The molecule has 0 unspecified atom stereocenters. The second-order valence-electron chi connectivity index (χ2n) is 7.67. The molecule has 162 valence electrons. The number of carbonyl (C=O) groups is 1. The van der Waals surface area contributed by atoms with Crippen LogP contribution >= 0.6 is 11.3 Å². The van der Waals surface area contributed by atoms with Crippen molar-refractivity contribution in [2.75, 3.05) is 17.7 Å². The maximum atomic E-state index is 13.0. The number of hydrogen-bond donors (Lipinski definition) is 2. The van der Waals surface area contributed by atoms with Gasteiger partial charge in [0.2, 0.25) is 0 Å². The van der Waals surface area contributed by atoms with E-state index in [1.807, 2.05) is 66.9 Å². The molecule has 1 aromatic heterocycles. The third-order valence-electron chi connectivity index (χ3n) is 5.09. The fourth-order valence-corrected chi connectivity index (χ4v) is 3.97. The molecule has 0 radical (unpaired) electrons. The number of thiazole rings is 1. The quantitative estimate of drug-likeness (QED) is 0.374. The number of aromatic nitrogens is 1. The summed E-state index contributed by atoms with van der Waals surface area (Å²) in [7, 11) is 0. The highest BCUT2D eigenvalue weighted by molar-refractivity contribution is 7.13. The fourth-order valence-electron chi connectivity index (χ4n) is 3.37. The van der Waals surface area contributed by atoms with E-state index in [-0.39, 0.29) is 5.91 Å². The number of carbonyl (C=O) groups excluding carboxylic acids is 1. The Hall–Kier alpha value is -3.64. The van der Waals surface area contributed by atoms with Crippen molar-refractivity contribution in [2.45, 2.75) is 20.3 Å². The Morgan fingerprint density at radius 3 is 2.41 bits per heavy atom. The average Bonchev–Trinajstić information content (AvgIpc) is 3.20. The first-order valence-electron chi connectivity index (χ1n) is 10.4. The van der Waals surface area contributed by atoms with Gasteiger partial charge in [-0.05, 0) is 55.3 Å². The molecular formula is C26H25N3O2S. The molecule has 3 N–H and O–H groups in total. The summed E-state index contributed by atoms with van der Waals surface area (Å²) in [6.45, 7) is 4.59. The highest BCUT2D eigenvalue weighted by Gasteiger charge is 2.14. The number of nitrogens with zero attached hydrogens (tertiary/aromatic N) is 1. The maximum absolute atomic E-state index is 13.0. The van der Waals surface area contributed by atoms with Crippen LogP contribution in [0.15, 0.2) is 72.1 Å². The van der Waals surface area contributed by atoms with Crippen molar-refractivity contribution in [3.63, 3.8) is 0 Å². The summed E-state index contributed by atoms with van der Waals surface area (Å²) in [4.78, 5) is 17.3. The number of nitrogens with two attached hydrogens (primary N) is 1. The first kappa shape index (κ1) is 21.6. The molecule has 0 bridgehead atoms. The van der Waals surface area contributed by atoms with Gasteiger partial charge in [-0.3, -0.25) is 4.79 Å². The molecule has 4 aromatic rings. The summed E-state index contributed by atoms with van der Waals surface area (Å²) in [6.07, 6.45) is 0.696. The molecule has 3 aromatic carbocycles.